The molecule has 0 N–H and O–H groups in total. The second-order valence-corrected chi connectivity index (χ2v) is 17.1. The number of ketones is 2. The summed E-state index contributed by atoms with van der Waals surface area (Å²) in [4.78, 5) is 53.6. The minimum Gasteiger partial charge on any atom is -0.469 e. The van der Waals surface area contributed by atoms with E-state index in [1.165, 1.54) is 59.3 Å². The Morgan fingerprint density at radius 3 is 1.10 bits per heavy atom. The number of carbonyl (C=O) groups is 5. The van der Waals surface area contributed by atoms with Crippen molar-refractivity contribution in [1.29, 1.82) is 0 Å². The molecule has 1 heterocycles. The Morgan fingerprint density at radius 1 is 0.645 bits per heavy atom. The molecule has 0 fully saturated rings. The predicted molar refractivity (Wildman–Crippen MR) is 259 cm³/mol. The Bertz CT molecular complexity index is 1470. The third kappa shape index (κ3) is 147. The van der Waals surface area contributed by atoms with Crippen LogP contribution in [-0.4, -0.2) is 82.3 Å². The summed E-state index contributed by atoms with van der Waals surface area (Å²) in [5, 5.41) is 0. The van der Waals surface area contributed by atoms with Crippen molar-refractivity contribution in [2.45, 2.75) is 143 Å². The molecule has 0 aliphatic heterocycles. The number of hydrogen-bond donors (Lipinski definition) is 0. The van der Waals surface area contributed by atoms with E-state index in [0.29, 0.717) is 5.75 Å². The molecule has 360 valence electrons. The number of esters is 3. The molecule has 1 aromatic heterocycles. The zero-order valence-corrected chi connectivity index (χ0v) is 43.4. The molecule has 12 nitrogen and oxygen atoms in total. The van der Waals surface area contributed by atoms with E-state index in [1.807, 2.05) is 89.3 Å². The van der Waals surface area contributed by atoms with E-state index in [4.69, 9.17) is 9.47 Å². The number of carbonyl (C=O) groups excluding carboxylic acids is 5. The maximum Gasteiger partial charge on any atom is 0.308 e. The van der Waals surface area contributed by atoms with E-state index in [9.17, 15) is 32.4 Å². The third-order valence-electron chi connectivity index (χ3n) is 4.09. The van der Waals surface area contributed by atoms with E-state index < -0.39 is 9.84 Å². The van der Waals surface area contributed by atoms with Gasteiger partial charge in [0.15, 0.2) is 0 Å². The Kier molecular flexibility index (Phi) is 65.4. The van der Waals surface area contributed by atoms with Gasteiger partial charge in [0, 0.05) is 66.3 Å². The molecule has 13 heteroatoms. The molecule has 0 aliphatic rings. The molecular formula is C49H87NO11S. The molecular weight excluding hydrogens is 811 g/mol. The van der Waals surface area contributed by atoms with Crippen LogP contribution in [0.25, 0.3) is 0 Å². The van der Waals surface area contributed by atoms with E-state index in [2.05, 4.69) is 68.1 Å². The van der Waals surface area contributed by atoms with E-state index in [-0.39, 0.29) is 35.1 Å². The van der Waals surface area contributed by atoms with Gasteiger partial charge in [0.05, 0.1) is 7.11 Å². The molecule has 0 unspecified atom stereocenters. The van der Waals surface area contributed by atoms with Crippen LogP contribution in [0, 0.1) is 19.8 Å². The summed E-state index contributed by atoms with van der Waals surface area (Å²) in [6.45, 7) is 31.2. The zero-order valence-electron chi connectivity index (χ0n) is 42.6. The lowest BCUT2D eigenvalue weighted by Gasteiger charge is -2.17. The number of sulfone groups is 1. The largest absolute Gasteiger partial charge is 0.469 e. The van der Waals surface area contributed by atoms with Gasteiger partial charge in [-0.1, -0.05) is 108 Å². The van der Waals surface area contributed by atoms with Gasteiger partial charge < -0.3 is 28.5 Å². The van der Waals surface area contributed by atoms with Gasteiger partial charge in [-0.05, 0) is 91.5 Å². The minimum atomic E-state index is -2.67. The fraction of sp³-hybridized carbons (Fsp3) is 0.551. The highest BCUT2D eigenvalue weighted by Gasteiger charge is 2.11. The summed E-state index contributed by atoms with van der Waals surface area (Å²) in [5.74, 6) is 1.13. The van der Waals surface area contributed by atoms with Crippen molar-refractivity contribution in [2.24, 2.45) is 5.92 Å². The summed E-state index contributed by atoms with van der Waals surface area (Å²) < 4.78 is 37.2. The van der Waals surface area contributed by atoms with Crippen molar-refractivity contribution >= 4 is 39.3 Å². The molecule has 62 heavy (non-hydrogen) atoms. The standard InChI is InChI=1S/C8H8O2.C7H8.C6H7N.C6H12O2.C5H10O.C4H10.C3H6O2.C3H6O.C3H8.C2H6O2S.C2H6O/c1-7(9)10-8-5-3-2-4-6-8;1-7-5-3-2-4-6-7;1-6-3-2-4-7-5-6;1-5(7)8-6(2,3)4;1-3-4-5(2)6;1-4(2)3;1-3(4)5-2;1-3(2)4;1-3-2;1-5(2,3)4;1-3-2/h2-6H,1H3;2-6H,1H3;2-5H,1H3;1-4H3;3-4H2,1-2H3;4H,1-3H3;1-2H3;1-2H3;3H2,1-2H3;1-2H3;1-2H3. The van der Waals surface area contributed by atoms with Crippen LogP contribution in [0.3, 0.4) is 0 Å². The first kappa shape index (κ1) is 74.7. The molecule has 0 saturated carbocycles. The molecule has 0 radical (unpaired) electrons. The number of benzene rings is 2. The summed E-state index contributed by atoms with van der Waals surface area (Å²) in [6.07, 6.45) is 8.89. The highest BCUT2D eigenvalue weighted by Crippen LogP contribution is 2.07. The first-order chi connectivity index (χ1) is 28.3. The number of nitrogens with zero attached hydrogens (tertiary/aromatic N) is 1. The van der Waals surface area contributed by atoms with Crippen molar-refractivity contribution in [3.63, 3.8) is 0 Å². The second kappa shape index (κ2) is 54.3. The van der Waals surface area contributed by atoms with Crippen molar-refractivity contribution in [2.75, 3.05) is 33.8 Å². The van der Waals surface area contributed by atoms with Gasteiger partial charge in [0.25, 0.3) is 0 Å². The van der Waals surface area contributed by atoms with Gasteiger partial charge in [-0.2, -0.15) is 0 Å². The molecule has 0 saturated heterocycles. The van der Waals surface area contributed by atoms with Gasteiger partial charge >= 0.3 is 17.9 Å². The maximum atomic E-state index is 10.4. The summed E-state index contributed by atoms with van der Waals surface area (Å²) in [5.41, 5.74) is 2.20. The number of pyridine rings is 1. The van der Waals surface area contributed by atoms with Crippen molar-refractivity contribution in [1.82, 2.24) is 4.98 Å². The first-order valence-corrected chi connectivity index (χ1v) is 22.5. The van der Waals surface area contributed by atoms with E-state index in [1.54, 1.807) is 39.5 Å². The van der Waals surface area contributed by atoms with Gasteiger partial charge in [0.1, 0.15) is 32.8 Å². The topological polar surface area (TPSA) is 169 Å². The fourth-order valence-electron chi connectivity index (χ4n) is 2.42. The Hall–Kier alpha value is -4.75. The van der Waals surface area contributed by atoms with Crippen LogP contribution in [-0.2, 0) is 48.0 Å². The SMILES string of the molecule is CC(=O)OC(C)(C)C.CC(=O)Oc1ccccc1.CC(C)=O.CC(C)C.CCC.CCCC(C)=O.COC.COC(C)=O.CS(C)(=O)=O.Cc1ccccc1.Cc1cccnc1. The number of rotatable bonds is 3. The number of aryl methyl sites for hydroxylation is 2. The average Bonchev–Trinajstić information content (AvgIpc) is 3.09. The number of methoxy groups -OCH3 is 2. The highest BCUT2D eigenvalue weighted by atomic mass is 32.2. The van der Waals surface area contributed by atoms with Crippen molar-refractivity contribution in [3.05, 3.63) is 96.3 Å². The van der Waals surface area contributed by atoms with Gasteiger partial charge in [-0.3, -0.25) is 19.4 Å². The highest BCUT2D eigenvalue weighted by molar-refractivity contribution is 7.89. The van der Waals surface area contributed by atoms with Gasteiger partial charge in [-0.15, -0.1) is 0 Å². The lowest BCUT2D eigenvalue weighted by Crippen LogP contribution is -2.21. The average molecular weight is 898 g/mol. The smallest absolute Gasteiger partial charge is 0.308 e. The summed E-state index contributed by atoms with van der Waals surface area (Å²) in [7, 11) is 1.93. The van der Waals surface area contributed by atoms with Crippen molar-refractivity contribution in [3.8, 4) is 5.75 Å². The number of hydrogen-bond acceptors (Lipinski definition) is 12. The molecule has 2 aromatic carbocycles. The van der Waals surface area contributed by atoms with Crippen LogP contribution in [0.5, 0.6) is 5.75 Å². The predicted octanol–water partition coefficient (Wildman–Crippen LogP) is 11.5. The lowest BCUT2D eigenvalue weighted by atomic mass is 10.2. The van der Waals surface area contributed by atoms with Crippen LogP contribution in [0.1, 0.15) is 134 Å². The normalized spacial score (nSPS) is 8.69. The quantitative estimate of drug-likeness (QED) is 0.180. The number of Topliss-reactive ketones (excluding diaryl/α,β-unsaturated/α-hetero) is 2. The van der Waals surface area contributed by atoms with E-state index >= 15 is 0 Å². The number of ether oxygens (including phenoxy) is 4. The first-order valence-electron chi connectivity index (χ1n) is 20.2. The minimum absolute atomic E-state index is 0.167. The molecule has 0 amide bonds. The maximum absolute atomic E-state index is 10.4. The summed E-state index contributed by atoms with van der Waals surface area (Å²) in [6, 6.07) is 23.2. The van der Waals surface area contributed by atoms with E-state index in [0.717, 1.165) is 31.3 Å². The molecule has 0 bridgehead atoms. The van der Waals surface area contributed by atoms with Crippen LogP contribution in [0.4, 0.5) is 0 Å². The number of aromatic nitrogens is 1. The Labute approximate surface area is 378 Å². The molecule has 0 aliphatic carbocycles. The molecule has 3 rings (SSSR count). The van der Waals surface area contributed by atoms with Gasteiger partial charge in [-0.25, -0.2) is 8.42 Å². The fourth-order valence-corrected chi connectivity index (χ4v) is 2.42. The zero-order chi connectivity index (χ0) is 50.8. The monoisotopic (exact) mass is 898 g/mol. The Balaban J connectivity index is -0.0000000880. The molecule has 0 spiro atoms. The van der Waals surface area contributed by atoms with Gasteiger partial charge in [0.2, 0.25) is 0 Å². The third-order valence-corrected chi connectivity index (χ3v) is 4.09. The van der Waals surface area contributed by atoms with Crippen LogP contribution < -0.4 is 4.74 Å². The van der Waals surface area contributed by atoms with Crippen LogP contribution in [0.2, 0.25) is 0 Å². The lowest BCUT2D eigenvalue weighted by molar-refractivity contribution is -0.152. The summed E-state index contributed by atoms with van der Waals surface area (Å²) >= 11 is 0. The van der Waals surface area contributed by atoms with Crippen molar-refractivity contribution < 1.29 is 51.3 Å². The second-order valence-electron chi connectivity index (χ2n) is 14.8. The molecule has 3 aromatic rings. The van der Waals surface area contributed by atoms with Crippen LogP contribution in [0.15, 0.2) is 85.2 Å². The molecule has 0 atom stereocenters. The Morgan fingerprint density at radius 2 is 0.968 bits per heavy atom. The van der Waals surface area contributed by atoms with Crippen LogP contribution >= 0.6 is 0 Å². The number of para-hydroxylation sites is 1.